The Kier molecular flexibility index (Phi) is 2.25. The molecule has 0 saturated carbocycles. The maximum atomic E-state index is 7.60. The Bertz CT molecular complexity index is 168. The molecule has 1 unspecified atom stereocenters. The maximum Gasteiger partial charge on any atom is 0.0342 e. The zero-order chi connectivity index (χ0) is 7.56. The number of hydrogen-bond acceptors (Lipinski definition) is 1. The topological polar surface area (TPSA) is 23.9 Å². The molecule has 1 aliphatic carbocycles. The minimum absolute atomic E-state index is 0.709. The van der Waals surface area contributed by atoms with Gasteiger partial charge in [0.1, 0.15) is 0 Å². The van der Waals surface area contributed by atoms with Gasteiger partial charge in [0.25, 0.3) is 0 Å². The molecule has 1 aliphatic rings. The van der Waals surface area contributed by atoms with E-state index in [1.807, 2.05) is 6.92 Å². The van der Waals surface area contributed by atoms with Crippen LogP contribution < -0.4 is 0 Å². The predicted molar refractivity (Wildman–Crippen MR) is 44.5 cm³/mol. The van der Waals surface area contributed by atoms with Gasteiger partial charge in [-0.2, -0.15) is 0 Å². The Hall–Kier alpha value is -0.590. The van der Waals surface area contributed by atoms with Crippen LogP contribution in [0.25, 0.3) is 0 Å². The summed E-state index contributed by atoms with van der Waals surface area (Å²) in [6, 6.07) is 0. The number of rotatable bonds is 0. The van der Waals surface area contributed by atoms with Crippen LogP contribution in [0, 0.1) is 11.3 Å². The van der Waals surface area contributed by atoms with Crippen molar-refractivity contribution in [1.29, 1.82) is 5.41 Å². The van der Waals surface area contributed by atoms with E-state index in [0.29, 0.717) is 5.92 Å². The molecule has 0 aromatic carbocycles. The lowest BCUT2D eigenvalue weighted by atomic mass is 10.0. The molecule has 1 atom stereocenters. The van der Waals surface area contributed by atoms with Crippen molar-refractivity contribution in [2.75, 3.05) is 0 Å². The van der Waals surface area contributed by atoms with Gasteiger partial charge in [0.05, 0.1) is 0 Å². The van der Waals surface area contributed by atoms with E-state index in [1.165, 1.54) is 12.0 Å². The molecule has 0 bridgehead atoms. The first-order valence-electron chi connectivity index (χ1n) is 3.94. The summed E-state index contributed by atoms with van der Waals surface area (Å²) in [5.74, 6) is 0.709. The van der Waals surface area contributed by atoms with Gasteiger partial charge >= 0.3 is 0 Å². The molecule has 1 heteroatoms. The Labute approximate surface area is 62.6 Å². The van der Waals surface area contributed by atoms with Crippen LogP contribution in [0.4, 0.5) is 0 Å². The van der Waals surface area contributed by atoms with Crippen LogP contribution in [0.5, 0.6) is 0 Å². The lowest BCUT2D eigenvalue weighted by Gasteiger charge is -2.05. The Morgan fingerprint density at radius 1 is 1.60 bits per heavy atom. The first-order chi connectivity index (χ1) is 4.70. The Balaban J connectivity index is 2.64. The van der Waals surface area contributed by atoms with Gasteiger partial charge in [-0.1, -0.05) is 13.0 Å². The van der Waals surface area contributed by atoms with Crippen molar-refractivity contribution in [3.63, 3.8) is 0 Å². The average molecular weight is 137 g/mol. The summed E-state index contributed by atoms with van der Waals surface area (Å²) in [5.41, 5.74) is 2.02. The zero-order valence-corrected chi connectivity index (χ0v) is 6.78. The van der Waals surface area contributed by atoms with Gasteiger partial charge in [-0.3, -0.25) is 0 Å². The van der Waals surface area contributed by atoms with E-state index < -0.39 is 0 Å². The molecule has 0 fully saturated rings. The van der Waals surface area contributed by atoms with Gasteiger partial charge in [-0.05, 0) is 37.7 Å². The van der Waals surface area contributed by atoms with E-state index in [0.717, 1.165) is 18.6 Å². The minimum Gasteiger partial charge on any atom is -0.305 e. The third-order valence-electron chi connectivity index (χ3n) is 2.14. The summed E-state index contributed by atoms with van der Waals surface area (Å²) in [6.07, 6.45) is 5.57. The molecule has 0 heterocycles. The molecule has 1 nitrogen and oxygen atoms in total. The fourth-order valence-electron chi connectivity index (χ4n) is 1.32. The van der Waals surface area contributed by atoms with Crippen molar-refractivity contribution < 1.29 is 0 Å². The third kappa shape index (κ3) is 1.69. The Morgan fingerprint density at radius 3 is 3.00 bits per heavy atom. The minimum atomic E-state index is 0.709. The standard InChI is InChI=1S/C9H15N/c1-7-4-3-5-8(2)9(10)6-7/h5,7,10H,3-4,6H2,1-2H3. The molecule has 1 rings (SSSR count). The van der Waals surface area contributed by atoms with Crippen molar-refractivity contribution >= 4 is 5.71 Å². The van der Waals surface area contributed by atoms with Crippen molar-refractivity contribution in [2.24, 2.45) is 5.92 Å². The van der Waals surface area contributed by atoms with E-state index in [2.05, 4.69) is 13.0 Å². The van der Waals surface area contributed by atoms with Crippen LogP contribution in [0.3, 0.4) is 0 Å². The van der Waals surface area contributed by atoms with Crippen LogP contribution in [0.2, 0.25) is 0 Å². The third-order valence-corrected chi connectivity index (χ3v) is 2.14. The van der Waals surface area contributed by atoms with Crippen LogP contribution in [-0.4, -0.2) is 5.71 Å². The van der Waals surface area contributed by atoms with Gasteiger partial charge < -0.3 is 5.41 Å². The number of allylic oxidation sites excluding steroid dienone is 2. The SMILES string of the molecule is CC1=CCCC(C)CC1=N. The smallest absolute Gasteiger partial charge is 0.0342 e. The molecule has 0 saturated heterocycles. The summed E-state index contributed by atoms with van der Waals surface area (Å²) in [7, 11) is 0. The van der Waals surface area contributed by atoms with Crippen LogP contribution in [-0.2, 0) is 0 Å². The highest BCUT2D eigenvalue weighted by Crippen LogP contribution is 2.19. The van der Waals surface area contributed by atoms with Gasteiger partial charge in [0.2, 0.25) is 0 Å². The van der Waals surface area contributed by atoms with Crippen molar-refractivity contribution in [3.8, 4) is 0 Å². The second-order valence-electron chi connectivity index (χ2n) is 3.25. The zero-order valence-electron chi connectivity index (χ0n) is 6.78. The normalized spacial score (nSPS) is 27.6. The molecule has 1 N–H and O–H groups in total. The van der Waals surface area contributed by atoms with Gasteiger partial charge in [0.15, 0.2) is 0 Å². The number of hydrogen-bond donors (Lipinski definition) is 1. The highest BCUT2D eigenvalue weighted by Gasteiger charge is 2.10. The first kappa shape index (κ1) is 7.52. The lowest BCUT2D eigenvalue weighted by Crippen LogP contribution is -2.01. The fourth-order valence-corrected chi connectivity index (χ4v) is 1.32. The van der Waals surface area contributed by atoms with E-state index in [9.17, 15) is 0 Å². The van der Waals surface area contributed by atoms with Gasteiger partial charge in [-0.15, -0.1) is 0 Å². The predicted octanol–water partition coefficient (Wildman–Crippen LogP) is 2.77. The monoisotopic (exact) mass is 137 g/mol. The molecule has 0 amide bonds. The van der Waals surface area contributed by atoms with E-state index in [-0.39, 0.29) is 0 Å². The molecular weight excluding hydrogens is 122 g/mol. The van der Waals surface area contributed by atoms with E-state index in [4.69, 9.17) is 5.41 Å². The fraction of sp³-hybridized carbons (Fsp3) is 0.667. The molecule has 0 spiro atoms. The molecule has 0 aromatic heterocycles. The van der Waals surface area contributed by atoms with E-state index >= 15 is 0 Å². The molecular formula is C9H15N. The molecule has 0 aliphatic heterocycles. The van der Waals surface area contributed by atoms with E-state index in [1.54, 1.807) is 0 Å². The van der Waals surface area contributed by atoms with Gasteiger partial charge in [0, 0.05) is 5.71 Å². The van der Waals surface area contributed by atoms with Crippen molar-refractivity contribution in [1.82, 2.24) is 0 Å². The van der Waals surface area contributed by atoms with Crippen molar-refractivity contribution in [3.05, 3.63) is 11.6 Å². The summed E-state index contributed by atoms with van der Waals surface area (Å²) in [4.78, 5) is 0. The van der Waals surface area contributed by atoms with Crippen LogP contribution >= 0.6 is 0 Å². The first-order valence-corrected chi connectivity index (χ1v) is 3.94. The van der Waals surface area contributed by atoms with Crippen LogP contribution in [0.1, 0.15) is 33.1 Å². The second kappa shape index (κ2) is 3.00. The molecule has 10 heavy (non-hydrogen) atoms. The summed E-state index contributed by atoms with van der Waals surface area (Å²) in [5, 5.41) is 7.60. The molecule has 0 aromatic rings. The lowest BCUT2D eigenvalue weighted by molar-refractivity contribution is 0.565. The highest BCUT2D eigenvalue weighted by molar-refractivity contribution is 5.97. The summed E-state index contributed by atoms with van der Waals surface area (Å²) >= 11 is 0. The largest absolute Gasteiger partial charge is 0.305 e. The second-order valence-corrected chi connectivity index (χ2v) is 3.25. The maximum absolute atomic E-state index is 7.60. The number of nitrogens with one attached hydrogen (secondary N) is 1. The molecule has 0 radical (unpaired) electrons. The average Bonchev–Trinajstić information content (AvgIpc) is 1.96. The highest BCUT2D eigenvalue weighted by atomic mass is 14.4. The van der Waals surface area contributed by atoms with Crippen LogP contribution in [0.15, 0.2) is 11.6 Å². The van der Waals surface area contributed by atoms with Crippen molar-refractivity contribution in [2.45, 2.75) is 33.1 Å². The summed E-state index contributed by atoms with van der Waals surface area (Å²) in [6.45, 7) is 4.27. The van der Waals surface area contributed by atoms with Gasteiger partial charge in [-0.25, -0.2) is 0 Å². The Morgan fingerprint density at radius 2 is 2.30 bits per heavy atom. The summed E-state index contributed by atoms with van der Waals surface area (Å²) < 4.78 is 0. The molecule has 56 valence electrons. The quantitative estimate of drug-likeness (QED) is 0.531.